The Labute approximate surface area is 108 Å². The summed E-state index contributed by atoms with van der Waals surface area (Å²) in [6, 6.07) is 0. The minimum Gasteiger partial charge on any atom is -0.390 e. The van der Waals surface area contributed by atoms with E-state index in [1.807, 2.05) is 0 Å². The number of hydrogen-bond acceptors (Lipinski definition) is 5. The fourth-order valence-electron chi connectivity index (χ4n) is 2.49. The van der Waals surface area contributed by atoms with Gasteiger partial charge in [0.05, 0.1) is 19.1 Å². The van der Waals surface area contributed by atoms with Gasteiger partial charge >= 0.3 is 0 Å². The minimum absolute atomic E-state index is 0.290. The molecule has 0 aliphatic heterocycles. The van der Waals surface area contributed by atoms with Gasteiger partial charge in [-0.25, -0.2) is 0 Å². The standard InChI is InChI=1S/C13H22N2O3/c1-9-3-5-10(6-4-9)13-14-12(18-15-13)7-11(16)8-17-2/h9-11,16H,3-8H2,1-2H3. The molecule has 1 fully saturated rings. The summed E-state index contributed by atoms with van der Waals surface area (Å²) in [5.41, 5.74) is 0. The summed E-state index contributed by atoms with van der Waals surface area (Å²) in [7, 11) is 1.56. The lowest BCUT2D eigenvalue weighted by atomic mass is 9.83. The smallest absolute Gasteiger partial charge is 0.229 e. The van der Waals surface area contributed by atoms with Crippen LogP contribution in [0.15, 0.2) is 4.52 Å². The van der Waals surface area contributed by atoms with Crippen LogP contribution in [-0.2, 0) is 11.2 Å². The number of nitrogens with zero attached hydrogens (tertiary/aromatic N) is 2. The van der Waals surface area contributed by atoms with Crippen molar-refractivity contribution in [3.05, 3.63) is 11.7 Å². The van der Waals surface area contributed by atoms with E-state index in [-0.39, 0.29) is 0 Å². The molecule has 0 spiro atoms. The normalized spacial score (nSPS) is 26.2. The van der Waals surface area contributed by atoms with Crippen LogP contribution in [0.5, 0.6) is 0 Å². The molecule has 1 atom stereocenters. The van der Waals surface area contributed by atoms with Gasteiger partial charge in [-0.15, -0.1) is 0 Å². The Kier molecular flexibility index (Phi) is 4.72. The molecule has 0 bridgehead atoms. The Bertz CT molecular complexity index is 359. The van der Waals surface area contributed by atoms with Gasteiger partial charge < -0.3 is 14.4 Å². The van der Waals surface area contributed by atoms with Crippen molar-refractivity contribution in [1.29, 1.82) is 0 Å². The predicted octanol–water partition coefficient (Wildman–Crippen LogP) is 1.91. The number of methoxy groups -OCH3 is 1. The highest BCUT2D eigenvalue weighted by Crippen LogP contribution is 2.34. The van der Waals surface area contributed by atoms with E-state index in [1.165, 1.54) is 12.8 Å². The number of aliphatic hydroxyl groups is 1. The summed E-state index contributed by atoms with van der Waals surface area (Å²) < 4.78 is 10.1. The van der Waals surface area contributed by atoms with E-state index in [4.69, 9.17) is 9.26 Å². The van der Waals surface area contributed by atoms with Crippen LogP contribution in [0.4, 0.5) is 0 Å². The first-order valence-electron chi connectivity index (χ1n) is 6.68. The number of aromatic nitrogens is 2. The monoisotopic (exact) mass is 254 g/mol. The molecule has 0 aromatic carbocycles. The van der Waals surface area contributed by atoms with E-state index in [0.29, 0.717) is 24.8 Å². The Morgan fingerprint density at radius 3 is 2.78 bits per heavy atom. The molecule has 102 valence electrons. The van der Waals surface area contributed by atoms with Crippen LogP contribution in [0, 0.1) is 5.92 Å². The number of hydrogen-bond donors (Lipinski definition) is 1. The van der Waals surface area contributed by atoms with Gasteiger partial charge in [0.2, 0.25) is 5.89 Å². The molecule has 0 saturated heterocycles. The third kappa shape index (κ3) is 3.53. The molecule has 2 rings (SSSR count). The Balaban J connectivity index is 1.89. The maximum atomic E-state index is 9.60. The quantitative estimate of drug-likeness (QED) is 0.869. The van der Waals surface area contributed by atoms with Crippen LogP contribution in [-0.4, -0.2) is 35.1 Å². The number of rotatable bonds is 5. The van der Waals surface area contributed by atoms with Crippen molar-refractivity contribution >= 4 is 0 Å². The van der Waals surface area contributed by atoms with Crippen LogP contribution >= 0.6 is 0 Å². The van der Waals surface area contributed by atoms with E-state index < -0.39 is 6.10 Å². The van der Waals surface area contributed by atoms with Crippen molar-refractivity contribution in [2.24, 2.45) is 5.92 Å². The van der Waals surface area contributed by atoms with Crippen LogP contribution in [0.2, 0.25) is 0 Å². The van der Waals surface area contributed by atoms with Crippen LogP contribution in [0.25, 0.3) is 0 Å². The Morgan fingerprint density at radius 2 is 2.11 bits per heavy atom. The summed E-state index contributed by atoms with van der Waals surface area (Å²) in [6.45, 7) is 2.58. The lowest BCUT2D eigenvalue weighted by Crippen LogP contribution is -2.17. The molecule has 1 saturated carbocycles. The summed E-state index contributed by atoms with van der Waals surface area (Å²) in [5, 5.41) is 13.6. The first-order valence-corrected chi connectivity index (χ1v) is 6.68. The van der Waals surface area contributed by atoms with Crippen LogP contribution < -0.4 is 0 Å². The van der Waals surface area contributed by atoms with Gasteiger partial charge in [-0.1, -0.05) is 24.9 Å². The topological polar surface area (TPSA) is 68.4 Å². The SMILES string of the molecule is COCC(O)Cc1nc(C2CCC(C)CC2)no1. The lowest BCUT2D eigenvalue weighted by Gasteiger charge is -2.23. The minimum atomic E-state index is -0.574. The zero-order valence-corrected chi connectivity index (χ0v) is 11.1. The molecule has 1 N–H and O–H groups in total. The Morgan fingerprint density at radius 1 is 1.39 bits per heavy atom. The van der Waals surface area contributed by atoms with Gasteiger partial charge in [-0.3, -0.25) is 0 Å². The van der Waals surface area contributed by atoms with Crippen molar-refractivity contribution in [1.82, 2.24) is 10.1 Å². The third-order valence-electron chi connectivity index (χ3n) is 3.63. The van der Waals surface area contributed by atoms with Gasteiger partial charge in [-0.05, 0) is 18.8 Å². The van der Waals surface area contributed by atoms with Gasteiger partial charge in [0.25, 0.3) is 0 Å². The largest absolute Gasteiger partial charge is 0.390 e. The molecule has 18 heavy (non-hydrogen) atoms. The molecule has 1 aliphatic carbocycles. The maximum absolute atomic E-state index is 9.60. The fraction of sp³-hybridized carbons (Fsp3) is 0.846. The van der Waals surface area contributed by atoms with E-state index in [0.717, 1.165) is 24.6 Å². The molecular formula is C13H22N2O3. The molecule has 0 radical (unpaired) electrons. The van der Waals surface area contributed by atoms with E-state index in [1.54, 1.807) is 7.11 Å². The summed E-state index contributed by atoms with van der Waals surface area (Å²) in [4.78, 5) is 4.39. The predicted molar refractivity (Wildman–Crippen MR) is 66.3 cm³/mol. The van der Waals surface area contributed by atoms with Crippen molar-refractivity contribution in [2.75, 3.05) is 13.7 Å². The number of aliphatic hydroxyl groups excluding tert-OH is 1. The third-order valence-corrected chi connectivity index (χ3v) is 3.63. The molecule has 1 aliphatic rings. The molecule has 1 aromatic heterocycles. The van der Waals surface area contributed by atoms with E-state index in [9.17, 15) is 5.11 Å². The van der Waals surface area contributed by atoms with Crippen molar-refractivity contribution in [3.8, 4) is 0 Å². The first-order chi connectivity index (χ1) is 8.69. The summed E-state index contributed by atoms with van der Waals surface area (Å²) in [5.74, 6) is 2.56. The second-order valence-corrected chi connectivity index (χ2v) is 5.32. The molecule has 5 nitrogen and oxygen atoms in total. The average molecular weight is 254 g/mol. The molecule has 1 unspecified atom stereocenters. The maximum Gasteiger partial charge on any atom is 0.229 e. The van der Waals surface area contributed by atoms with Crippen molar-refractivity contribution < 1.29 is 14.4 Å². The van der Waals surface area contributed by atoms with Crippen LogP contribution in [0.1, 0.15) is 50.2 Å². The zero-order chi connectivity index (χ0) is 13.0. The van der Waals surface area contributed by atoms with Crippen LogP contribution in [0.3, 0.4) is 0 Å². The number of ether oxygens (including phenoxy) is 1. The van der Waals surface area contributed by atoms with Gasteiger partial charge in [0.1, 0.15) is 0 Å². The highest BCUT2D eigenvalue weighted by atomic mass is 16.5. The van der Waals surface area contributed by atoms with E-state index in [2.05, 4.69) is 17.1 Å². The second-order valence-electron chi connectivity index (χ2n) is 5.32. The zero-order valence-electron chi connectivity index (χ0n) is 11.1. The average Bonchev–Trinajstić information content (AvgIpc) is 2.78. The van der Waals surface area contributed by atoms with E-state index >= 15 is 0 Å². The summed E-state index contributed by atoms with van der Waals surface area (Å²) >= 11 is 0. The van der Waals surface area contributed by atoms with Gasteiger partial charge in [-0.2, -0.15) is 4.98 Å². The fourth-order valence-corrected chi connectivity index (χ4v) is 2.49. The van der Waals surface area contributed by atoms with Crippen molar-refractivity contribution in [3.63, 3.8) is 0 Å². The highest BCUT2D eigenvalue weighted by molar-refractivity contribution is 4.98. The molecule has 1 aromatic rings. The lowest BCUT2D eigenvalue weighted by molar-refractivity contribution is 0.0599. The molecular weight excluding hydrogens is 232 g/mol. The molecule has 5 heteroatoms. The second kappa shape index (κ2) is 6.29. The van der Waals surface area contributed by atoms with Crippen molar-refractivity contribution in [2.45, 2.75) is 51.0 Å². The Hall–Kier alpha value is -0.940. The van der Waals surface area contributed by atoms with Gasteiger partial charge in [0, 0.05) is 13.0 Å². The first kappa shape index (κ1) is 13.5. The molecule has 1 heterocycles. The molecule has 0 amide bonds. The highest BCUT2D eigenvalue weighted by Gasteiger charge is 2.24. The van der Waals surface area contributed by atoms with Gasteiger partial charge in [0.15, 0.2) is 5.82 Å². The summed E-state index contributed by atoms with van der Waals surface area (Å²) in [6.07, 6.45) is 4.54.